The lowest BCUT2D eigenvalue weighted by atomic mass is 9.70. The Morgan fingerprint density at radius 1 is 1.44 bits per heavy atom. The number of hydrogen-bond donors (Lipinski definition) is 0. The molecule has 0 radical (unpaired) electrons. The molecule has 0 unspecified atom stereocenters. The molecule has 0 aromatic heterocycles. The van der Waals surface area contributed by atoms with E-state index in [2.05, 4.69) is 20.4 Å². The summed E-state index contributed by atoms with van der Waals surface area (Å²) < 4.78 is 0. The summed E-state index contributed by atoms with van der Waals surface area (Å²) in [5, 5.41) is 0. The van der Waals surface area contributed by atoms with Crippen molar-refractivity contribution in [2.24, 2.45) is 10.8 Å². The summed E-state index contributed by atoms with van der Waals surface area (Å²) in [6.07, 6.45) is 1.82. The number of likely N-dealkylation sites (tertiary alicyclic amines) is 1. The monoisotopic (exact) mass is 221 g/mol. The molecule has 2 atom stereocenters. The molecule has 88 valence electrons. The van der Waals surface area contributed by atoms with Crippen LogP contribution < -0.4 is 0 Å². The fourth-order valence-corrected chi connectivity index (χ4v) is 3.16. The van der Waals surface area contributed by atoms with Gasteiger partial charge in [-0.2, -0.15) is 0 Å². The molecule has 0 spiro atoms. The Hall–Kier alpha value is -1.12. The zero-order valence-electron chi connectivity index (χ0n) is 10.5. The van der Waals surface area contributed by atoms with Gasteiger partial charge in [-0.25, -0.2) is 0 Å². The fraction of sp³-hybridized carbons (Fsp3) is 0.692. The van der Waals surface area contributed by atoms with E-state index in [0.717, 1.165) is 12.8 Å². The number of hydrogen-bond acceptors (Lipinski definition) is 2. The Morgan fingerprint density at radius 3 is 2.38 bits per heavy atom. The van der Waals surface area contributed by atoms with Crippen LogP contribution in [0.2, 0.25) is 0 Å². The summed E-state index contributed by atoms with van der Waals surface area (Å²) in [5.41, 5.74) is -0.0434. The van der Waals surface area contributed by atoms with Crippen LogP contribution >= 0.6 is 0 Å². The number of imide groups is 1. The van der Waals surface area contributed by atoms with E-state index in [0.29, 0.717) is 5.57 Å². The van der Waals surface area contributed by atoms with E-state index in [9.17, 15) is 9.59 Å². The van der Waals surface area contributed by atoms with Gasteiger partial charge in [0.25, 0.3) is 5.91 Å². The highest BCUT2D eigenvalue weighted by atomic mass is 16.2. The molecule has 2 rings (SSSR count). The molecule has 3 nitrogen and oxygen atoms in total. The van der Waals surface area contributed by atoms with E-state index in [1.165, 1.54) is 4.90 Å². The first kappa shape index (κ1) is 11.4. The molecule has 3 heteroatoms. The maximum Gasteiger partial charge on any atom is 0.255 e. The highest BCUT2D eigenvalue weighted by Crippen LogP contribution is 2.60. The smallest absolute Gasteiger partial charge is 0.255 e. The number of fused-ring (bicyclic) bond motifs is 2. The van der Waals surface area contributed by atoms with Crippen LogP contribution in [0.1, 0.15) is 40.5 Å². The Labute approximate surface area is 96.5 Å². The van der Waals surface area contributed by atoms with Gasteiger partial charge < -0.3 is 0 Å². The van der Waals surface area contributed by atoms with Gasteiger partial charge >= 0.3 is 0 Å². The predicted molar refractivity (Wildman–Crippen MR) is 61.6 cm³/mol. The first-order valence-corrected chi connectivity index (χ1v) is 5.77. The van der Waals surface area contributed by atoms with Crippen molar-refractivity contribution in [3.63, 3.8) is 0 Å². The van der Waals surface area contributed by atoms with Gasteiger partial charge in [0.05, 0.1) is 5.41 Å². The van der Waals surface area contributed by atoms with Crippen LogP contribution in [0.5, 0.6) is 0 Å². The first-order valence-electron chi connectivity index (χ1n) is 5.77. The molecule has 1 saturated carbocycles. The zero-order valence-corrected chi connectivity index (χ0v) is 10.5. The number of amides is 2. The molecular formula is C13H19NO2. The molecule has 2 aliphatic rings. The lowest BCUT2D eigenvalue weighted by Crippen LogP contribution is -2.44. The van der Waals surface area contributed by atoms with Crippen LogP contribution in [0.3, 0.4) is 0 Å². The molecule has 2 fully saturated rings. The van der Waals surface area contributed by atoms with E-state index in [4.69, 9.17) is 0 Å². The molecule has 0 aromatic rings. The van der Waals surface area contributed by atoms with E-state index < -0.39 is 0 Å². The SMILES string of the molecule is C=C(C)C(=O)N1C(=O)[C@@]2(C)CC[C@@H]1C2(C)C. The molecule has 0 aromatic carbocycles. The molecule has 1 aliphatic heterocycles. The van der Waals surface area contributed by atoms with Crippen molar-refractivity contribution in [3.05, 3.63) is 12.2 Å². The van der Waals surface area contributed by atoms with Gasteiger partial charge in [0.2, 0.25) is 5.91 Å². The van der Waals surface area contributed by atoms with Crippen LogP contribution in [0.4, 0.5) is 0 Å². The highest BCUT2D eigenvalue weighted by Gasteiger charge is 2.66. The molecule has 0 N–H and O–H groups in total. The van der Waals surface area contributed by atoms with E-state index >= 15 is 0 Å². The Morgan fingerprint density at radius 2 is 2.00 bits per heavy atom. The average molecular weight is 221 g/mol. The number of rotatable bonds is 1. The van der Waals surface area contributed by atoms with E-state index in [1.54, 1.807) is 6.92 Å². The van der Waals surface area contributed by atoms with Gasteiger partial charge in [-0.15, -0.1) is 0 Å². The Kier molecular flexibility index (Phi) is 2.10. The average Bonchev–Trinajstić information content (AvgIpc) is 2.48. The second-order valence-corrected chi connectivity index (χ2v) is 5.87. The van der Waals surface area contributed by atoms with Crippen molar-refractivity contribution >= 4 is 11.8 Å². The molecule has 2 amide bonds. The maximum atomic E-state index is 12.3. The summed E-state index contributed by atoms with van der Waals surface area (Å²) in [4.78, 5) is 25.7. The second kappa shape index (κ2) is 2.96. The highest BCUT2D eigenvalue weighted by molar-refractivity contribution is 6.07. The minimum absolute atomic E-state index is 0.0123. The second-order valence-electron chi connectivity index (χ2n) is 5.87. The van der Waals surface area contributed by atoms with Gasteiger partial charge in [0.15, 0.2) is 0 Å². The number of carbonyl (C=O) groups is 2. The topological polar surface area (TPSA) is 37.4 Å². The maximum absolute atomic E-state index is 12.3. The fourth-order valence-electron chi connectivity index (χ4n) is 3.16. The third kappa shape index (κ3) is 1.04. The predicted octanol–water partition coefficient (Wildman–Crippen LogP) is 2.13. The molecule has 1 heterocycles. The summed E-state index contributed by atoms with van der Waals surface area (Å²) in [6.45, 7) is 11.5. The molecule has 16 heavy (non-hydrogen) atoms. The van der Waals surface area contributed by atoms with Crippen LogP contribution in [-0.4, -0.2) is 22.8 Å². The normalized spacial score (nSPS) is 35.6. The number of nitrogens with zero attached hydrogens (tertiary/aromatic N) is 1. The van der Waals surface area contributed by atoms with Crippen LogP contribution in [0.25, 0.3) is 0 Å². The largest absolute Gasteiger partial charge is 0.275 e. The van der Waals surface area contributed by atoms with Gasteiger partial charge in [0.1, 0.15) is 0 Å². The first-order chi connectivity index (χ1) is 7.23. The number of piperidine rings is 1. The quantitative estimate of drug-likeness (QED) is 0.636. The Bertz CT molecular complexity index is 397. The third-order valence-electron chi connectivity index (χ3n) is 4.76. The molecule has 1 saturated heterocycles. The van der Waals surface area contributed by atoms with E-state index in [-0.39, 0.29) is 28.7 Å². The third-order valence-corrected chi connectivity index (χ3v) is 4.76. The van der Waals surface area contributed by atoms with Gasteiger partial charge in [-0.3, -0.25) is 14.5 Å². The van der Waals surface area contributed by atoms with Crippen molar-refractivity contribution in [2.75, 3.05) is 0 Å². The molecule has 1 aliphatic carbocycles. The van der Waals surface area contributed by atoms with Crippen molar-refractivity contribution < 1.29 is 9.59 Å². The minimum atomic E-state index is -0.372. The van der Waals surface area contributed by atoms with Crippen molar-refractivity contribution in [3.8, 4) is 0 Å². The van der Waals surface area contributed by atoms with Gasteiger partial charge in [-0.1, -0.05) is 27.4 Å². The summed E-state index contributed by atoms with van der Waals surface area (Å²) in [5.74, 6) is -0.215. The van der Waals surface area contributed by atoms with Gasteiger partial charge in [0, 0.05) is 11.6 Å². The minimum Gasteiger partial charge on any atom is -0.275 e. The van der Waals surface area contributed by atoms with Gasteiger partial charge in [-0.05, 0) is 25.2 Å². The van der Waals surface area contributed by atoms with Crippen LogP contribution in [0.15, 0.2) is 12.2 Å². The Balaban J connectivity index is 2.44. The summed E-state index contributed by atoms with van der Waals surface area (Å²) in [6, 6.07) is 0.0502. The summed E-state index contributed by atoms with van der Waals surface area (Å²) in [7, 11) is 0. The molecule has 2 bridgehead atoms. The van der Waals surface area contributed by atoms with Crippen molar-refractivity contribution in [1.29, 1.82) is 0 Å². The lowest BCUT2D eigenvalue weighted by molar-refractivity contribution is -0.147. The van der Waals surface area contributed by atoms with Crippen LogP contribution in [0, 0.1) is 10.8 Å². The van der Waals surface area contributed by atoms with Crippen molar-refractivity contribution in [1.82, 2.24) is 4.90 Å². The summed E-state index contributed by atoms with van der Waals surface area (Å²) >= 11 is 0. The standard InChI is InChI=1S/C13H19NO2/c1-8(2)10(15)14-9-6-7-13(5,11(14)16)12(9,3)4/h9H,1,6-7H2,2-5H3/t9-,13-/m1/s1. The molecular weight excluding hydrogens is 202 g/mol. The van der Waals surface area contributed by atoms with E-state index in [1.807, 2.05) is 6.92 Å². The van der Waals surface area contributed by atoms with Crippen molar-refractivity contribution in [2.45, 2.75) is 46.6 Å². The lowest BCUT2D eigenvalue weighted by Gasteiger charge is -2.29. The zero-order chi connectivity index (χ0) is 12.3. The van der Waals surface area contributed by atoms with Crippen LogP contribution in [-0.2, 0) is 9.59 Å². The number of carbonyl (C=O) groups excluding carboxylic acids is 2.